The molecule has 0 aromatic heterocycles. The second kappa shape index (κ2) is 33.7. The molecule has 7 rings (SSSR count). The summed E-state index contributed by atoms with van der Waals surface area (Å²) < 4.78 is 35.5. The third-order valence-electron chi connectivity index (χ3n) is 13.6. The van der Waals surface area contributed by atoms with E-state index in [0.29, 0.717) is 19.7 Å². The average molecular weight is 1180 g/mol. The molecule has 0 unspecified atom stereocenters. The van der Waals surface area contributed by atoms with Crippen molar-refractivity contribution in [3.63, 3.8) is 0 Å². The molecule has 1 fully saturated rings. The van der Waals surface area contributed by atoms with Crippen LogP contribution in [0.25, 0.3) is 4.72 Å². The SMILES string of the molecule is CC.CC1C(C)C(C)C(C)C1C.C[C@@H](c1ccccc1)[C@@H](NCc1ccccc1B(O)O)c1ccccc1.Cc1ccc(S(=O)(=O)[N-][C@@H](c2ccccc2)[C@@H](NCO[B]O)c2ccccc2)cc1.[CH3-].[Cl][Ir+2]. The van der Waals surface area contributed by atoms with E-state index in [0.717, 1.165) is 51.8 Å². The Bertz CT molecular complexity index is 2370. The van der Waals surface area contributed by atoms with Gasteiger partial charge >= 0.3 is 42.3 Å². The molecular formula is C57H76B2ClIrN3O6S. The number of rotatable bonds is 17. The first-order valence-electron chi connectivity index (χ1n) is 24.1. The molecule has 0 aliphatic heterocycles. The first-order valence-corrected chi connectivity index (χ1v) is 28.5. The molecule has 1 aliphatic rings. The monoisotopic (exact) mass is 1180 g/mol. The zero-order chi connectivity index (χ0) is 51.6. The van der Waals surface area contributed by atoms with Crippen LogP contribution in [-0.2, 0) is 39.1 Å². The van der Waals surface area contributed by atoms with E-state index >= 15 is 0 Å². The number of benzene rings is 6. The predicted octanol–water partition coefficient (Wildman–Crippen LogP) is 12.0. The Hall–Kier alpha value is -3.94. The van der Waals surface area contributed by atoms with Gasteiger partial charge in [0.15, 0.2) is 0 Å². The molecule has 383 valence electrons. The number of halogens is 1. The van der Waals surface area contributed by atoms with Gasteiger partial charge in [-0.3, -0.25) is 5.32 Å². The summed E-state index contributed by atoms with van der Waals surface area (Å²) in [5.41, 5.74) is 6.46. The van der Waals surface area contributed by atoms with Crippen LogP contribution in [0.1, 0.15) is 113 Å². The molecule has 4 atom stereocenters. The standard InChI is InChI=1S/C22H23BN2O4S.C22H24BNO2.C10H20.C2H6.CH3.ClH.Ir/c1-17-12-14-20(15-13-17)30(27,28)25-22(19-10-6-3-7-11-19)21(24-16-29-23-26)18-8-4-2-5-9-18;1-17(18-10-4-2-5-11-18)22(19-12-6-3-7-13-19)24-16-20-14-8-9-15-21(20)23(25)26;1-6-7(2)9(4)10(5)8(6)3;1-2;;;/h2-15,21-22,24,26H,16H2,1H3;2-15,17,22,24-26H,16H2,1H3;6-10H,1-5H3;1-2H3;1H3;1H;/q-1;;;;-1;;+3/p-1/t21-,22-;17-,22+;;;;;/m00...../s1. The molecule has 71 heavy (non-hydrogen) atoms. The van der Waals surface area contributed by atoms with Crippen LogP contribution >= 0.6 is 9.58 Å². The second-order valence-electron chi connectivity index (χ2n) is 17.6. The Morgan fingerprint density at radius 1 is 0.620 bits per heavy atom. The van der Waals surface area contributed by atoms with Crippen LogP contribution in [0, 0.1) is 43.9 Å². The van der Waals surface area contributed by atoms with Gasteiger partial charge in [0.25, 0.3) is 0 Å². The molecule has 0 saturated heterocycles. The fraction of sp³-hybridized carbons (Fsp3) is 0.351. The maximum absolute atomic E-state index is 13.1. The van der Waals surface area contributed by atoms with Crippen molar-refractivity contribution < 1.29 is 46.0 Å². The van der Waals surface area contributed by atoms with Crippen LogP contribution in [0.5, 0.6) is 0 Å². The summed E-state index contributed by atoms with van der Waals surface area (Å²) in [5.74, 6) is 4.94. The summed E-state index contributed by atoms with van der Waals surface area (Å²) in [6.07, 6.45) is 0. The summed E-state index contributed by atoms with van der Waals surface area (Å²) in [7, 11) is -0.155. The van der Waals surface area contributed by atoms with Crippen LogP contribution in [0.2, 0.25) is 0 Å². The quantitative estimate of drug-likeness (QED) is 0.0263. The molecule has 5 N–H and O–H groups in total. The summed E-state index contributed by atoms with van der Waals surface area (Å²) in [6.45, 7) is 20.6. The van der Waals surface area contributed by atoms with Gasteiger partial charge in [0.1, 0.15) is 10.0 Å². The number of aryl methyl sites for hydroxylation is 1. The number of nitrogens with one attached hydrogen (secondary N) is 2. The van der Waals surface area contributed by atoms with Gasteiger partial charge in [0, 0.05) is 29.4 Å². The summed E-state index contributed by atoms with van der Waals surface area (Å²) in [4.78, 5) is 0.140. The molecule has 1 saturated carbocycles. The van der Waals surface area contributed by atoms with Crippen molar-refractivity contribution in [1.29, 1.82) is 0 Å². The van der Waals surface area contributed by atoms with Gasteiger partial charge in [-0.25, -0.2) is 8.42 Å². The molecular weight excluding hydrogens is 1100 g/mol. The third-order valence-corrected chi connectivity index (χ3v) is 15.0. The van der Waals surface area contributed by atoms with E-state index in [2.05, 4.69) is 103 Å². The normalized spacial score (nSPS) is 18.5. The summed E-state index contributed by atoms with van der Waals surface area (Å²) in [6, 6.07) is 52.4. The number of hydrogen-bond acceptors (Lipinski definition) is 8. The van der Waals surface area contributed by atoms with E-state index < -0.39 is 29.2 Å². The van der Waals surface area contributed by atoms with E-state index in [9.17, 15) is 18.5 Å². The van der Waals surface area contributed by atoms with Crippen LogP contribution in [0.4, 0.5) is 0 Å². The molecule has 0 bridgehead atoms. The third kappa shape index (κ3) is 19.4. The molecule has 1 radical (unpaired) electrons. The molecule has 6 aromatic rings. The Balaban J connectivity index is 0.000000383. The van der Waals surface area contributed by atoms with E-state index in [1.54, 1.807) is 30.3 Å². The predicted molar refractivity (Wildman–Crippen MR) is 294 cm³/mol. The summed E-state index contributed by atoms with van der Waals surface area (Å²) in [5, 5.41) is 34.8. The molecule has 6 aromatic carbocycles. The van der Waals surface area contributed by atoms with Crippen molar-refractivity contribution in [2.45, 2.75) is 97.8 Å². The van der Waals surface area contributed by atoms with Gasteiger partial charge in [-0.2, -0.15) is 0 Å². The molecule has 9 nitrogen and oxygen atoms in total. The first kappa shape index (κ1) is 63.2. The number of hydrogen-bond donors (Lipinski definition) is 5. The van der Waals surface area contributed by atoms with Gasteiger partial charge in [-0.05, 0) is 76.4 Å². The minimum absolute atomic E-state index is 0. The zero-order valence-electron chi connectivity index (χ0n) is 43.1. The van der Waals surface area contributed by atoms with Crippen molar-refractivity contribution in [3.8, 4) is 0 Å². The molecule has 1 aliphatic carbocycles. The molecule has 0 spiro atoms. The van der Waals surface area contributed by atoms with E-state index in [-0.39, 0.29) is 31.0 Å². The van der Waals surface area contributed by atoms with Crippen molar-refractivity contribution >= 4 is 39.9 Å². The van der Waals surface area contributed by atoms with Crippen molar-refractivity contribution in [2.24, 2.45) is 29.6 Å². The van der Waals surface area contributed by atoms with Gasteiger partial charge in [0.2, 0.25) is 0 Å². The number of nitrogens with zero attached hydrogens (tertiary/aromatic N) is 1. The van der Waals surface area contributed by atoms with Gasteiger partial charge < -0.3 is 37.2 Å². The second-order valence-corrected chi connectivity index (χ2v) is 19.2. The van der Waals surface area contributed by atoms with Crippen LogP contribution in [0.15, 0.2) is 175 Å². The minimum atomic E-state index is -3.92. The van der Waals surface area contributed by atoms with Crippen molar-refractivity contribution in [1.82, 2.24) is 10.6 Å². The number of sulfonamides is 1. The first-order chi connectivity index (χ1) is 33.7. The Kier molecular flexibility index (Phi) is 30.0. The van der Waals surface area contributed by atoms with Crippen LogP contribution in [-0.4, -0.2) is 45.0 Å². The summed E-state index contributed by atoms with van der Waals surface area (Å²) >= 11 is 1.47. The molecule has 0 heterocycles. The van der Waals surface area contributed by atoms with Crippen molar-refractivity contribution in [2.75, 3.05) is 6.73 Å². The fourth-order valence-corrected chi connectivity index (χ4v) is 10.0. The fourth-order valence-electron chi connectivity index (χ4n) is 8.89. The Morgan fingerprint density at radius 2 is 1.01 bits per heavy atom. The Labute approximate surface area is 443 Å². The average Bonchev–Trinajstić information content (AvgIpc) is 3.57. The van der Waals surface area contributed by atoms with Crippen LogP contribution in [0.3, 0.4) is 0 Å². The van der Waals surface area contributed by atoms with E-state index in [4.69, 9.17) is 9.68 Å². The van der Waals surface area contributed by atoms with Gasteiger partial charge in [0.05, 0.1) is 6.73 Å². The van der Waals surface area contributed by atoms with E-state index in [1.165, 1.54) is 29.0 Å². The molecule has 0 amide bonds. The van der Waals surface area contributed by atoms with Crippen LogP contribution < -0.4 is 16.1 Å². The Morgan fingerprint density at radius 3 is 1.45 bits per heavy atom. The van der Waals surface area contributed by atoms with Gasteiger partial charge in [-0.1, -0.05) is 230 Å². The van der Waals surface area contributed by atoms with Gasteiger partial charge in [-0.15, -0.1) is 0 Å². The van der Waals surface area contributed by atoms with E-state index in [1.807, 2.05) is 124 Å². The maximum atomic E-state index is 13.1. The molecule has 14 heteroatoms. The van der Waals surface area contributed by atoms with Crippen molar-refractivity contribution in [3.05, 3.63) is 215 Å². The topological polar surface area (TPSA) is 142 Å². The zero-order valence-corrected chi connectivity index (χ0v) is 47.0.